The van der Waals surface area contributed by atoms with Gasteiger partial charge >= 0.3 is 0 Å². The number of ether oxygens (including phenoxy) is 1. The summed E-state index contributed by atoms with van der Waals surface area (Å²) in [6.45, 7) is 0. The average Bonchev–Trinajstić information content (AvgIpc) is 2.35. The van der Waals surface area contributed by atoms with Crippen LogP contribution in [0, 0.1) is 0 Å². The Labute approximate surface area is 116 Å². The Kier molecular flexibility index (Phi) is 4.71. The Hall–Kier alpha value is -0.250. The largest absolute Gasteiger partial charge is 0.379 e. The zero-order valence-electron chi connectivity index (χ0n) is 9.88. The highest BCUT2D eigenvalue weighted by Gasteiger charge is 2.25. The molecule has 2 unspecified atom stereocenters. The number of anilines is 1. The van der Waals surface area contributed by atoms with Crippen molar-refractivity contribution >= 4 is 33.2 Å². The fourth-order valence-corrected chi connectivity index (χ4v) is 2.91. The number of halogens is 2. The second-order valence-electron chi connectivity index (χ2n) is 4.41. The van der Waals surface area contributed by atoms with Crippen molar-refractivity contribution in [3.05, 3.63) is 27.7 Å². The fourth-order valence-electron chi connectivity index (χ4n) is 2.36. The van der Waals surface area contributed by atoms with Crippen molar-refractivity contribution in [1.82, 2.24) is 0 Å². The highest BCUT2D eigenvalue weighted by Crippen LogP contribution is 2.32. The molecule has 0 aliphatic heterocycles. The van der Waals surface area contributed by atoms with Gasteiger partial charge in [0.05, 0.1) is 27.3 Å². The van der Waals surface area contributed by atoms with E-state index in [9.17, 15) is 0 Å². The van der Waals surface area contributed by atoms with Crippen molar-refractivity contribution in [2.75, 3.05) is 12.4 Å². The molecule has 1 saturated carbocycles. The van der Waals surface area contributed by atoms with Gasteiger partial charge in [-0.05, 0) is 40.9 Å². The maximum Gasteiger partial charge on any atom is 0.0772 e. The van der Waals surface area contributed by atoms with Gasteiger partial charge in [0.25, 0.3) is 0 Å². The van der Waals surface area contributed by atoms with Crippen LogP contribution in [0.2, 0.25) is 5.02 Å². The summed E-state index contributed by atoms with van der Waals surface area (Å²) in [5.41, 5.74) is 1.05. The van der Waals surface area contributed by atoms with E-state index in [-0.39, 0.29) is 0 Å². The molecule has 1 fully saturated rings. The summed E-state index contributed by atoms with van der Waals surface area (Å²) in [5, 5.41) is 4.27. The van der Waals surface area contributed by atoms with Crippen LogP contribution in [0.4, 0.5) is 5.69 Å². The summed E-state index contributed by atoms with van der Waals surface area (Å²) in [5.74, 6) is 0. The van der Waals surface area contributed by atoms with Gasteiger partial charge in [0.15, 0.2) is 0 Å². The van der Waals surface area contributed by atoms with Gasteiger partial charge in [-0.3, -0.25) is 0 Å². The van der Waals surface area contributed by atoms with Crippen LogP contribution in [0.3, 0.4) is 0 Å². The van der Waals surface area contributed by atoms with Crippen molar-refractivity contribution in [3.63, 3.8) is 0 Å². The Bertz CT molecular complexity index is 386. The molecule has 2 atom stereocenters. The molecule has 2 rings (SSSR count). The van der Waals surface area contributed by atoms with Crippen LogP contribution in [0.1, 0.15) is 25.7 Å². The van der Waals surface area contributed by atoms with Gasteiger partial charge in [-0.15, -0.1) is 0 Å². The first-order chi connectivity index (χ1) is 8.22. The summed E-state index contributed by atoms with van der Waals surface area (Å²) in [6.07, 6.45) is 5.10. The minimum absolute atomic E-state index is 0.301. The second-order valence-corrected chi connectivity index (χ2v) is 5.61. The third-order valence-corrected chi connectivity index (χ3v) is 4.70. The molecule has 0 amide bonds. The van der Waals surface area contributed by atoms with Crippen molar-refractivity contribution in [2.45, 2.75) is 37.8 Å². The first kappa shape index (κ1) is 13.2. The molecule has 0 spiro atoms. The van der Waals surface area contributed by atoms with E-state index >= 15 is 0 Å². The summed E-state index contributed by atoms with van der Waals surface area (Å²) >= 11 is 9.60. The molecule has 1 aliphatic rings. The summed E-state index contributed by atoms with van der Waals surface area (Å²) in [7, 11) is 1.79. The number of benzene rings is 1. The van der Waals surface area contributed by atoms with Gasteiger partial charge in [0.2, 0.25) is 0 Å². The van der Waals surface area contributed by atoms with E-state index in [0.717, 1.165) is 28.0 Å². The zero-order chi connectivity index (χ0) is 12.3. The smallest absolute Gasteiger partial charge is 0.0772 e. The molecule has 1 aromatic rings. The molecule has 1 N–H and O–H groups in total. The molecular weight excluding hydrogens is 302 g/mol. The molecule has 0 aromatic heterocycles. The molecule has 4 heteroatoms. The van der Waals surface area contributed by atoms with Crippen LogP contribution < -0.4 is 5.32 Å². The minimum atomic E-state index is 0.301. The number of rotatable bonds is 3. The van der Waals surface area contributed by atoms with Crippen LogP contribution >= 0.6 is 27.5 Å². The highest BCUT2D eigenvalue weighted by molar-refractivity contribution is 9.10. The quantitative estimate of drug-likeness (QED) is 0.887. The summed E-state index contributed by atoms with van der Waals surface area (Å²) in [6, 6.07) is 6.26. The van der Waals surface area contributed by atoms with E-state index in [4.69, 9.17) is 16.3 Å². The minimum Gasteiger partial charge on any atom is -0.379 e. The average molecular weight is 319 g/mol. The van der Waals surface area contributed by atoms with E-state index in [2.05, 4.69) is 21.2 Å². The van der Waals surface area contributed by atoms with E-state index in [1.165, 1.54) is 12.8 Å². The molecule has 0 heterocycles. The van der Waals surface area contributed by atoms with Gasteiger partial charge in [0, 0.05) is 7.11 Å². The van der Waals surface area contributed by atoms with Crippen LogP contribution in [0.25, 0.3) is 0 Å². The van der Waals surface area contributed by atoms with E-state index < -0.39 is 0 Å². The molecule has 0 saturated heterocycles. The molecule has 0 bridgehead atoms. The number of methoxy groups -OCH3 is 1. The van der Waals surface area contributed by atoms with E-state index in [0.29, 0.717) is 12.1 Å². The Balaban J connectivity index is 2.11. The lowest BCUT2D eigenvalue weighted by Crippen LogP contribution is -2.37. The van der Waals surface area contributed by atoms with Crippen molar-refractivity contribution in [3.8, 4) is 0 Å². The van der Waals surface area contributed by atoms with Crippen LogP contribution in [0.5, 0.6) is 0 Å². The lowest BCUT2D eigenvalue weighted by molar-refractivity contribution is 0.0606. The molecule has 0 radical (unpaired) electrons. The number of hydrogen-bond acceptors (Lipinski definition) is 2. The van der Waals surface area contributed by atoms with Crippen molar-refractivity contribution < 1.29 is 4.74 Å². The maximum absolute atomic E-state index is 6.08. The molecule has 2 nitrogen and oxygen atoms in total. The lowest BCUT2D eigenvalue weighted by atomic mass is 9.92. The van der Waals surface area contributed by atoms with Crippen LogP contribution in [0.15, 0.2) is 22.7 Å². The van der Waals surface area contributed by atoms with Crippen molar-refractivity contribution in [2.24, 2.45) is 0 Å². The zero-order valence-corrected chi connectivity index (χ0v) is 12.2. The Morgan fingerprint density at radius 3 is 2.88 bits per heavy atom. The van der Waals surface area contributed by atoms with Gasteiger partial charge < -0.3 is 10.1 Å². The van der Waals surface area contributed by atoms with Gasteiger partial charge in [-0.2, -0.15) is 0 Å². The third kappa shape index (κ3) is 3.15. The van der Waals surface area contributed by atoms with E-state index in [1.54, 1.807) is 7.11 Å². The van der Waals surface area contributed by atoms with E-state index in [1.807, 2.05) is 18.2 Å². The predicted octanol–water partition coefficient (Wildman–Crippen LogP) is 4.47. The molecule has 1 aliphatic carbocycles. The predicted molar refractivity (Wildman–Crippen MR) is 75.8 cm³/mol. The van der Waals surface area contributed by atoms with Gasteiger partial charge in [-0.25, -0.2) is 0 Å². The highest BCUT2D eigenvalue weighted by atomic mass is 79.9. The molecule has 1 aromatic carbocycles. The molecular formula is C13H17BrClNO. The SMILES string of the molecule is COC1CCCCC1Nc1cccc(Cl)c1Br. The lowest BCUT2D eigenvalue weighted by Gasteiger charge is -2.32. The first-order valence-corrected chi connectivity index (χ1v) is 7.13. The molecule has 17 heavy (non-hydrogen) atoms. The normalized spacial score (nSPS) is 24.6. The number of nitrogens with one attached hydrogen (secondary N) is 1. The van der Waals surface area contributed by atoms with Crippen LogP contribution in [-0.2, 0) is 4.74 Å². The van der Waals surface area contributed by atoms with Gasteiger partial charge in [-0.1, -0.05) is 30.5 Å². The second kappa shape index (κ2) is 6.07. The Morgan fingerprint density at radius 1 is 1.35 bits per heavy atom. The fraction of sp³-hybridized carbons (Fsp3) is 0.538. The van der Waals surface area contributed by atoms with Crippen LogP contribution in [-0.4, -0.2) is 19.3 Å². The third-order valence-electron chi connectivity index (χ3n) is 3.30. The maximum atomic E-state index is 6.08. The Morgan fingerprint density at radius 2 is 2.12 bits per heavy atom. The monoisotopic (exact) mass is 317 g/mol. The van der Waals surface area contributed by atoms with Gasteiger partial charge in [0.1, 0.15) is 0 Å². The standard InChI is InChI=1S/C13H17BrClNO/c1-17-12-8-3-2-6-10(12)16-11-7-4-5-9(15)13(11)14/h4-5,7,10,12,16H,2-3,6,8H2,1H3. The number of hydrogen-bond donors (Lipinski definition) is 1. The first-order valence-electron chi connectivity index (χ1n) is 5.95. The van der Waals surface area contributed by atoms with Crippen molar-refractivity contribution in [1.29, 1.82) is 0 Å². The summed E-state index contributed by atoms with van der Waals surface area (Å²) < 4.78 is 6.47. The topological polar surface area (TPSA) is 21.3 Å². The molecule has 94 valence electrons. The summed E-state index contributed by atoms with van der Waals surface area (Å²) in [4.78, 5) is 0.